The lowest BCUT2D eigenvalue weighted by atomic mass is 10.1. The van der Waals surface area contributed by atoms with E-state index in [-0.39, 0.29) is 5.82 Å². The molecule has 4 heteroatoms. The van der Waals surface area contributed by atoms with Gasteiger partial charge in [0.1, 0.15) is 5.82 Å². The molecule has 18 heavy (non-hydrogen) atoms. The van der Waals surface area contributed by atoms with E-state index in [0.29, 0.717) is 21.9 Å². The van der Waals surface area contributed by atoms with Crippen LogP contribution in [0.4, 0.5) is 4.39 Å². The van der Waals surface area contributed by atoms with E-state index in [1.165, 1.54) is 12.1 Å². The Balaban J connectivity index is 2.27. The van der Waals surface area contributed by atoms with Gasteiger partial charge in [0.05, 0.1) is 21.9 Å². The first-order valence-corrected chi connectivity index (χ1v) is 5.79. The smallest absolute Gasteiger partial charge is 0.125 e. The molecule has 0 atom stereocenters. The zero-order valence-electron chi connectivity index (χ0n) is 9.27. The van der Waals surface area contributed by atoms with Crippen LogP contribution in [0.2, 0.25) is 5.02 Å². The molecule has 88 valence electrons. The van der Waals surface area contributed by atoms with Crippen LogP contribution in [0.25, 0.3) is 22.3 Å². The van der Waals surface area contributed by atoms with Crippen molar-refractivity contribution in [2.45, 2.75) is 0 Å². The van der Waals surface area contributed by atoms with Crippen molar-refractivity contribution in [1.82, 2.24) is 9.97 Å². The lowest BCUT2D eigenvalue weighted by Gasteiger charge is -2.04. The quantitative estimate of drug-likeness (QED) is 0.657. The number of nitrogens with zero attached hydrogens (tertiary/aromatic N) is 2. The number of hydrogen-bond acceptors (Lipinski definition) is 2. The topological polar surface area (TPSA) is 25.8 Å². The molecule has 2 heterocycles. The van der Waals surface area contributed by atoms with Crippen LogP contribution in [0.1, 0.15) is 0 Å². The largest absolute Gasteiger partial charge is 0.255 e. The first-order chi connectivity index (χ1) is 8.74. The summed E-state index contributed by atoms with van der Waals surface area (Å²) in [5.74, 6) is -0.329. The van der Waals surface area contributed by atoms with Crippen LogP contribution in [0.5, 0.6) is 0 Å². The fraction of sp³-hybridized carbons (Fsp3) is 0. The summed E-state index contributed by atoms with van der Waals surface area (Å²) in [6.07, 6.45) is 1.68. The van der Waals surface area contributed by atoms with Gasteiger partial charge in [0.2, 0.25) is 0 Å². The zero-order valence-corrected chi connectivity index (χ0v) is 10.0. The van der Waals surface area contributed by atoms with E-state index in [1.54, 1.807) is 18.3 Å². The summed E-state index contributed by atoms with van der Waals surface area (Å²) in [6.45, 7) is 0. The molecule has 2 aromatic heterocycles. The third kappa shape index (κ3) is 1.93. The van der Waals surface area contributed by atoms with E-state index < -0.39 is 0 Å². The molecule has 0 bridgehead atoms. The minimum absolute atomic E-state index is 0.329. The summed E-state index contributed by atoms with van der Waals surface area (Å²) in [7, 11) is 0. The average molecular weight is 259 g/mol. The standard InChI is InChI=1S/C14H8ClFN2/c15-11-8-14(12-3-1-2-6-17-12)18-13-7-9(16)4-5-10(11)13/h1-8H. The van der Waals surface area contributed by atoms with E-state index in [2.05, 4.69) is 9.97 Å². The van der Waals surface area contributed by atoms with Crippen molar-refractivity contribution in [3.05, 3.63) is 59.5 Å². The van der Waals surface area contributed by atoms with Crippen molar-refractivity contribution in [3.8, 4) is 11.4 Å². The van der Waals surface area contributed by atoms with Gasteiger partial charge in [-0.05, 0) is 30.3 Å². The fourth-order valence-electron chi connectivity index (χ4n) is 1.80. The molecule has 0 saturated carbocycles. The zero-order chi connectivity index (χ0) is 12.5. The molecule has 0 aliphatic heterocycles. The van der Waals surface area contributed by atoms with Crippen LogP contribution >= 0.6 is 11.6 Å². The van der Waals surface area contributed by atoms with Gasteiger partial charge in [0.25, 0.3) is 0 Å². The van der Waals surface area contributed by atoms with Crippen LogP contribution in [0, 0.1) is 5.82 Å². The molecule has 1 aromatic carbocycles. The molecule has 3 aromatic rings. The Hall–Kier alpha value is -2.00. The van der Waals surface area contributed by atoms with Crippen LogP contribution in [0.3, 0.4) is 0 Å². The van der Waals surface area contributed by atoms with E-state index in [4.69, 9.17) is 11.6 Å². The molecule has 0 spiro atoms. The molecule has 0 N–H and O–H groups in total. The summed E-state index contributed by atoms with van der Waals surface area (Å²) in [6, 6.07) is 11.6. The van der Waals surface area contributed by atoms with Gasteiger partial charge in [0, 0.05) is 17.6 Å². The summed E-state index contributed by atoms with van der Waals surface area (Å²) in [5, 5.41) is 1.28. The molecule has 0 aliphatic carbocycles. The SMILES string of the molecule is Fc1ccc2c(Cl)cc(-c3ccccn3)nc2c1. The van der Waals surface area contributed by atoms with Crippen molar-refractivity contribution in [2.24, 2.45) is 0 Å². The third-order valence-electron chi connectivity index (χ3n) is 2.65. The number of halogens is 2. The molecule has 0 saturated heterocycles. The van der Waals surface area contributed by atoms with Crippen LogP contribution in [-0.2, 0) is 0 Å². The number of pyridine rings is 2. The molecular weight excluding hydrogens is 251 g/mol. The third-order valence-corrected chi connectivity index (χ3v) is 2.96. The lowest BCUT2D eigenvalue weighted by Crippen LogP contribution is -1.89. The predicted molar refractivity (Wildman–Crippen MR) is 69.9 cm³/mol. The van der Waals surface area contributed by atoms with E-state index in [0.717, 1.165) is 5.39 Å². The Labute approximate surface area is 108 Å². The molecule has 3 rings (SSSR count). The second kappa shape index (κ2) is 4.35. The van der Waals surface area contributed by atoms with Crippen LogP contribution < -0.4 is 0 Å². The molecule has 0 radical (unpaired) electrons. The van der Waals surface area contributed by atoms with Gasteiger partial charge in [-0.2, -0.15) is 0 Å². The lowest BCUT2D eigenvalue weighted by molar-refractivity contribution is 0.629. The van der Waals surface area contributed by atoms with Crippen LogP contribution in [0.15, 0.2) is 48.7 Å². The molecule has 0 unspecified atom stereocenters. The maximum absolute atomic E-state index is 13.2. The second-order valence-electron chi connectivity index (χ2n) is 3.87. The Morgan fingerprint density at radius 2 is 1.89 bits per heavy atom. The van der Waals surface area contributed by atoms with Crippen LogP contribution in [-0.4, -0.2) is 9.97 Å². The van der Waals surface area contributed by atoms with Gasteiger partial charge >= 0.3 is 0 Å². The van der Waals surface area contributed by atoms with Crippen molar-refractivity contribution in [3.63, 3.8) is 0 Å². The molecular formula is C14H8ClFN2. The maximum atomic E-state index is 13.2. The highest BCUT2D eigenvalue weighted by Crippen LogP contribution is 2.27. The fourth-order valence-corrected chi connectivity index (χ4v) is 2.07. The van der Waals surface area contributed by atoms with Gasteiger partial charge < -0.3 is 0 Å². The Kier molecular flexibility index (Phi) is 2.68. The highest BCUT2D eigenvalue weighted by Gasteiger charge is 2.07. The molecule has 0 amide bonds. The van der Waals surface area contributed by atoms with Crippen molar-refractivity contribution < 1.29 is 4.39 Å². The van der Waals surface area contributed by atoms with Crippen molar-refractivity contribution in [2.75, 3.05) is 0 Å². The number of fused-ring (bicyclic) bond motifs is 1. The first-order valence-electron chi connectivity index (χ1n) is 5.41. The Bertz CT molecular complexity index is 714. The predicted octanol–water partition coefficient (Wildman–Crippen LogP) is 4.09. The normalized spacial score (nSPS) is 10.8. The first kappa shape index (κ1) is 11.1. The number of aromatic nitrogens is 2. The number of hydrogen-bond donors (Lipinski definition) is 0. The van der Waals surface area contributed by atoms with Gasteiger partial charge in [-0.15, -0.1) is 0 Å². The average Bonchev–Trinajstić information content (AvgIpc) is 2.39. The van der Waals surface area contributed by atoms with Gasteiger partial charge in [-0.3, -0.25) is 4.98 Å². The molecule has 0 fully saturated rings. The molecule has 0 aliphatic rings. The minimum atomic E-state index is -0.329. The van der Waals surface area contributed by atoms with E-state index in [9.17, 15) is 4.39 Å². The van der Waals surface area contributed by atoms with Gasteiger partial charge in [0.15, 0.2) is 0 Å². The number of rotatable bonds is 1. The highest BCUT2D eigenvalue weighted by molar-refractivity contribution is 6.35. The second-order valence-corrected chi connectivity index (χ2v) is 4.27. The monoisotopic (exact) mass is 258 g/mol. The minimum Gasteiger partial charge on any atom is -0.255 e. The van der Waals surface area contributed by atoms with Gasteiger partial charge in [-0.1, -0.05) is 17.7 Å². The summed E-state index contributed by atoms with van der Waals surface area (Å²) < 4.78 is 13.2. The van der Waals surface area contributed by atoms with E-state index >= 15 is 0 Å². The Morgan fingerprint density at radius 3 is 2.67 bits per heavy atom. The summed E-state index contributed by atoms with van der Waals surface area (Å²) in [4.78, 5) is 8.58. The summed E-state index contributed by atoms with van der Waals surface area (Å²) >= 11 is 6.17. The molecule has 2 nitrogen and oxygen atoms in total. The Morgan fingerprint density at radius 1 is 1.00 bits per heavy atom. The van der Waals surface area contributed by atoms with E-state index in [1.807, 2.05) is 18.2 Å². The highest BCUT2D eigenvalue weighted by atomic mass is 35.5. The maximum Gasteiger partial charge on any atom is 0.125 e. The van der Waals surface area contributed by atoms with Gasteiger partial charge in [-0.25, -0.2) is 9.37 Å². The van der Waals surface area contributed by atoms with Crippen molar-refractivity contribution >= 4 is 22.5 Å². The number of benzene rings is 1. The van der Waals surface area contributed by atoms with Crippen molar-refractivity contribution in [1.29, 1.82) is 0 Å². The summed E-state index contributed by atoms with van der Waals surface area (Å²) in [5.41, 5.74) is 1.88.